The number of aliphatic hydroxyl groups excluding tert-OH is 1. The largest absolute Gasteiger partial charge is 0.508 e. The summed E-state index contributed by atoms with van der Waals surface area (Å²) in [7, 11) is 0. The van der Waals surface area contributed by atoms with Crippen LogP contribution in [0.15, 0.2) is 12.1 Å². The summed E-state index contributed by atoms with van der Waals surface area (Å²) in [6.07, 6.45) is 0.907. The third kappa shape index (κ3) is 2.75. The van der Waals surface area contributed by atoms with Crippen LogP contribution in [0.5, 0.6) is 5.75 Å². The van der Waals surface area contributed by atoms with Gasteiger partial charge in [-0.2, -0.15) is 0 Å². The number of aliphatic hydroxyl groups is 1. The van der Waals surface area contributed by atoms with Gasteiger partial charge in [-0.05, 0) is 30.9 Å². The number of carbonyl (C=O) groups excluding carboxylic acids is 2. The summed E-state index contributed by atoms with van der Waals surface area (Å²) in [5.74, 6) is -0.719. The van der Waals surface area contributed by atoms with E-state index in [2.05, 4.69) is 5.32 Å². The zero-order valence-corrected chi connectivity index (χ0v) is 13.6. The number of nitrogens with one attached hydrogen (secondary N) is 1. The fourth-order valence-electron chi connectivity index (χ4n) is 3.34. The summed E-state index contributed by atoms with van der Waals surface area (Å²) >= 11 is 12.2. The summed E-state index contributed by atoms with van der Waals surface area (Å²) in [5, 5.41) is 22.4. The van der Waals surface area contributed by atoms with Crippen molar-refractivity contribution in [1.82, 2.24) is 10.2 Å². The number of piperidine rings is 1. The molecule has 2 saturated heterocycles. The number of phenolic OH excluding ortho intramolecular Hbond substituents is 1. The Labute approximate surface area is 143 Å². The molecule has 8 heteroatoms. The van der Waals surface area contributed by atoms with Crippen molar-refractivity contribution in [3.63, 3.8) is 0 Å². The molecule has 3 rings (SSSR count). The van der Waals surface area contributed by atoms with Gasteiger partial charge in [-0.3, -0.25) is 9.59 Å². The van der Waals surface area contributed by atoms with Crippen molar-refractivity contribution in [2.45, 2.75) is 30.8 Å². The number of aromatic hydroxyl groups is 1. The fourth-order valence-corrected chi connectivity index (χ4v) is 3.82. The van der Waals surface area contributed by atoms with Gasteiger partial charge in [0.1, 0.15) is 17.8 Å². The highest BCUT2D eigenvalue weighted by Crippen LogP contribution is 2.43. The van der Waals surface area contributed by atoms with E-state index in [0.717, 1.165) is 0 Å². The molecular weight excluding hydrogens is 343 g/mol. The molecule has 124 valence electrons. The molecule has 2 aliphatic rings. The van der Waals surface area contributed by atoms with E-state index in [1.807, 2.05) is 0 Å². The third-order valence-electron chi connectivity index (χ3n) is 4.50. The van der Waals surface area contributed by atoms with Crippen LogP contribution in [0.2, 0.25) is 10.0 Å². The standard InChI is InChI=1S/C15H16Cl2N2O4/c16-8-1-2-11(21)12(13(8)17)7-3-4-19-10(5-7)14(22)18-9(6-20)15(19)23/h1-2,7,9-10,20-21H,3-6H2,(H,18,22)/t7-,9+,10+/m1/s1. The van der Waals surface area contributed by atoms with E-state index in [1.54, 1.807) is 0 Å². The number of rotatable bonds is 2. The van der Waals surface area contributed by atoms with Crippen molar-refractivity contribution in [2.24, 2.45) is 0 Å². The maximum atomic E-state index is 12.2. The molecule has 0 radical (unpaired) electrons. The van der Waals surface area contributed by atoms with Gasteiger partial charge in [0.15, 0.2) is 0 Å². The molecule has 2 fully saturated rings. The van der Waals surface area contributed by atoms with Crippen molar-refractivity contribution in [3.8, 4) is 5.75 Å². The zero-order chi connectivity index (χ0) is 16.7. The minimum absolute atomic E-state index is 0.0358. The highest BCUT2D eigenvalue weighted by atomic mass is 35.5. The Balaban J connectivity index is 1.88. The number of nitrogens with zero attached hydrogens (tertiary/aromatic N) is 1. The highest BCUT2D eigenvalue weighted by Gasteiger charge is 2.44. The predicted molar refractivity (Wildman–Crippen MR) is 84.6 cm³/mol. The molecule has 0 aliphatic carbocycles. The molecule has 0 bridgehead atoms. The van der Waals surface area contributed by atoms with Crippen molar-refractivity contribution in [2.75, 3.05) is 13.2 Å². The van der Waals surface area contributed by atoms with Crippen LogP contribution < -0.4 is 5.32 Å². The minimum atomic E-state index is -0.876. The van der Waals surface area contributed by atoms with Crippen LogP contribution in [-0.2, 0) is 9.59 Å². The van der Waals surface area contributed by atoms with E-state index in [9.17, 15) is 19.8 Å². The summed E-state index contributed by atoms with van der Waals surface area (Å²) in [5.41, 5.74) is 0.517. The van der Waals surface area contributed by atoms with Gasteiger partial charge in [0.25, 0.3) is 0 Å². The smallest absolute Gasteiger partial charge is 0.248 e. The van der Waals surface area contributed by atoms with Crippen LogP contribution in [0.1, 0.15) is 24.3 Å². The molecule has 3 atom stereocenters. The van der Waals surface area contributed by atoms with Crippen LogP contribution in [0, 0.1) is 0 Å². The van der Waals surface area contributed by atoms with Gasteiger partial charge < -0.3 is 20.4 Å². The molecule has 0 spiro atoms. The van der Waals surface area contributed by atoms with Gasteiger partial charge >= 0.3 is 0 Å². The van der Waals surface area contributed by atoms with Crippen LogP contribution >= 0.6 is 23.2 Å². The lowest BCUT2D eigenvalue weighted by Gasteiger charge is -2.44. The highest BCUT2D eigenvalue weighted by molar-refractivity contribution is 6.42. The fraction of sp³-hybridized carbons (Fsp3) is 0.467. The molecule has 2 amide bonds. The van der Waals surface area contributed by atoms with Crippen molar-refractivity contribution in [1.29, 1.82) is 0 Å². The summed E-state index contributed by atoms with van der Waals surface area (Å²) in [4.78, 5) is 25.9. The molecule has 23 heavy (non-hydrogen) atoms. The first-order valence-electron chi connectivity index (χ1n) is 7.32. The monoisotopic (exact) mass is 358 g/mol. The topological polar surface area (TPSA) is 89.9 Å². The summed E-state index contributed by atoms with van der Waals surface area (Å²) < 4.78 is 0. The Morgan fingerprint density at radius 1 is 1.30 bits per heavy atom. The van der Waals surface area contributed by atoms with Crippen LogP contribution in [0.3, 0.4) is 0 Å². The van der Waals surface area contributed by atoms with Gasteiger partial charge in [-0.15, -0.1) is 0 Å². The van der Waals surface area contributed by atoms with Gasteiger partial charge in [-0.1, -0.05) is 23.2 Å². The lowest BCUT2D eigenvalue weighted by atomic mass is 9.83. The lowest BCUT2D eigenvalue weighted by molar-refractivity contribution is -0.152. The maximum Gasteiger partial charge on any atom is 0.248 e. The minimum Gasteiger partial charge on any atom is -0.508 e. The van der Waals surface area contributed by atoms with Gasteiger partial charge in [-0.25, -0.2) is 0 Å². The van der Waals surface area contributed by atoms with Crippen LogP contribution in [0.25, 0.3) is 0 Å². The number of benzene rings is 1. The van der Waals surface area contributed by atoms with Gasteiger partial charge in [0.05, 0.1) is 16.7 Å². The quantitative estimate of drug-likeness (QED) is 0.742. The molecule has 2 aliphatic heterocycles. The first kappa shape index (κ1) is 16.4. The van der Waals surface area contributed by atoms with Crippen molar-refractivity contribution >= 4 is 35.0 Å². The first-order valence-corrected chi connectivity index (χ1v) is 8.08. The Kier molecular flexibility index (Phi) is 4.40. The number of halogens is 2. The molecule has 0 saturated carbocycles. The number of carbonyl (C=O) groups is 2. The van der Waals surface area contributed by atoms with E-state index < -0.39 is 18.7 Å². The second kappa shape index (κ2) is 6.19. The summed E-state index contributed by atoms with van der Waals surface area (Å²) in [6.45, 7) is -0.0570. The molecule has 1 aromatic carbocycles. The zero-order valence-electron chi connectivity index (χ0n) is 12.1. The lowest BCUT2D eigenvalue weighted by Crippen LogP contribution is -2.66. The number of piperazine rings is 1. The number of hydrogen-bond donors (Lipinski definition) is 3. The van der Waals surface area contributed by atoms with E-state index in [-0.39, 0.29) is 28.5 Å². The third-order valence-corrected chi connectivity index (χ3v) is 5.32. The predicted octanol–water partition coefficient (Wildman–Crippen LogP) is 1.26. The number of amides is 2. The van der Waals surface area contributed by atoms with Crippen molar-refractivity contribution < 1.29 is 19.8 Å². The maximum absolute atomic E-state index is 12.2. The van der Waals surface area contributed by atoms with E-state index in [1.165, 1.54) is 17.0 Å². The first-order chi connectivity index (χ1) is 10.9. The average molecular weight is 359 g/mol. The average Bonchev–Trinajstić information content (AvgIpc) is 2.54. The number of phenols is 1. The second-order valence-electron chi connectivity index (χ2n) is 5.81. The molecule has 2 heterocycles. The molecule has 0 unspecified atom stereocenters. The SMILES string of the molecule is O=C1N[C@@H](CO)C(=O)N2CC[C@@H](c3c(O)ccc(Cl)c3Cl)C[C@@H]12. The molecule has 0 aromatic heterocycles. The molecular formula is C15H16Cl2N2O4. The second-order valence-corrected chi connectivity index (χ2v) is 6.59. The van der Waals surface area contributed by atoms with Gasteiger partial charge in [0, 0.05) is 12.1 Å². The normalized spacial score (nSPS) is 27.6. The van der Waals surface area contributed by atoms with Crippen LogP contribution in [0.4, 0.5) is 0 Å². The van der Waals surface area contributed by atoms with E-state index >= 15 is 0 Å². The van der Waals surface area contributed by atoms with Crippen LogP contribution in [-0.4, -0.2) is 52.2 Å². The van der Waals surface area contributed by atoms with E-state index in [0.29, 0.717) is 30.0 Å². The molecule has 3 N–H and O–H groups in total. The summed E-state index contributed by atoms with van der Waals surface area (Å²) in [6, 6.07) is 1.49. The molecule has 6 nitrogen and oxygen atoms in total. The Bertz CT molecular complexity index is 667. The Morgan fingerprint density at radius 2 is 2.04 bits per heavy atom. The number of fused-ring (bicyclic) bond motifs is 1. The van der Waals surface area contributed by atoms with Gasteiger partial charge in [0.2, 0.25) is 11.8 Å². The Morgan fingerprint density at radius 3 is 2.74 bits per heavy atom. The Hall–Kier alpha value is -1.50. The van der Waals surface area contributed by atoms with Crippen molar-refractivity contribution in [3.05, 3.63) is 27.7 Å². The number of hydrogen-bond acceptors (Lipinski definition) is 4. The van der Waals surface area contributed by atoms with E-state index in [4.69, 9.17) is 23.2 Å². The molecule has 1 aromatic rings.